The molecule has 100 valence electrons. The Morgan fingerprint density at radius 2 is 1.94 bits per heavy atom. The van der Waals surface area contributed by atoms with Crippen LogP contribution < -0.4 is 5.32 Å². The fourth-order valence-corrected chi connectivity index (χ4v) is 2.02. The number of benzene rings is 1. The largest absolute Gasteiger partial charge is 0.354 e. The van der Waals surface area contributed by atoms with Gasteiger partial charge in [-0.3, -0.25) is 4.79 Å². The van der Waals surface area contributed by atoms with Gasteiger partial charge in [0.15, 0.2) is 0 Å². The highest BCUT2D eigenvalue weighted by Gasteiger charge is 2.06. The molecule has 0 bridgehead atoms. The summed E-state index contributed by atoms with van der Waals surface area (Å²) >= 11 is 0. The van der Waals surface area contributed by atoms with Gasteiger partial charge in [-0.25, -0.2) is 0 Å². The molecule has 0 saturated carbocycles. The molecule has 1 N–H and O–H groups in total. The first-order valence-electron chi connectivity index (χ1n) is 7.05. The van der Waals surface area contributed by atoms with Gasteiger partial charge < -0.3 is 5.32 Å². The van der Waals surface area contributed by atoms with Crippen molar-refractivity contribution in [3.8, 4) is 0 Å². The van der Waals surface area contributed by atoms with Crippen molar-refractivity contribution < 1.29 is 4.79 Å². The fourth-order valence-electron chi connectivity index (χ4n) is 2.02. The van der Waals surface area contributed by atoms with Crippen molar-refractivity contribution in [1.29, 1.82) is 0 Å². The molecule has 0 aliphatic heterocycles. The number of hydrogen-bond acceptors (Lipinski definition) is 1. The number of nitrogens with one attached hydrogen (secondary N) is 1. The third-order valence-electron chi connectivity index (χ3n) is 3.13. The van der Waals surface area contributed by atoms with Crippen molar-refractivity contribution in [3.63, 3.8) is 0 Å². The number of rotatable bonds is 8. The van der Waals surface area contributed by atoms with E-state index in [1.54, 1.807) is 0 Å². The van der Waals surface area contributed by atoms with E-state index in [1.807, 2.05) is 18.2 Å². The van der Waals surface area contributed by atoms with Crippen LogP contribution in [0, 0.1) is 0 Å². The Kier molecular flexibility index (Phi) is 7.16. The summed E-state index contributed by atoms with van der Waals surface area (Å²) in [6.07, 6.45) is 6.19. The van der Waals surface area contributed by atoms with Gasteiger partial charge in [0.1, 0.15) is 0 Å². The standard InChI is InChI=1S/C16H25NO/c1-3-4-6-9-14(2)17-16(18)13-12-15-10-7-5-8-11-15/h5,7-8,10-11,14H,3-4,6,9,12-13H2,1-2H3,(H,17,18). The highest BCUT2D eigenvalue weighted by Crippen LogP contribution is 2.05. The van der Waals surface area contributed by atoms with Crippen molar-refractivity contribution in [2.75, 3.05) is 0 Å². The van der Waals surface area contributed by atoms with E-state index in [2.05, 4.69) is 31.3 Å². The zero-order valence-corrected chi connectivity index (χ0v) is 11.6. The minimum Gasteiger partial charge on any atom is -0.354 e. The monoisotopic (exact) mass is 247 g/mol. The molecular weight excluding hydrogens is 222 g/mol. The molecule has 2 heteroatoms. The van der Waals surface area contributed by atoms with Gasteiger partial charge in [-0.2, -0.15) is 0 Å². The van der Waals surface area contributed by atoms with Crippen molar-refractivity contribution in [2.45, 2.75) is 58.4 Å². The molecule has 0 fully saturated rings. The van der Waals surface area contributed by atoms with E-state index >= 15 is 0 Å². The van der Waals surface area contributed by atoms with E-state index in [-0.39, 0.29) is 5.91 Å². The Hall–Kier alpha value is -1.31. The van der Waals surface area contributed by atoms with Crippen LogP contribution in [0.3, 0.4) is 0 Å². The molecule has 0 aromatic heterocycles. The summed E-state index contributed by atoms with van der Waals surface area (Å²) in [6, 6.07) is 10.5. The van der Waals surface area contributed by atoms with Crippen LogP contribution in [0.4, 0.5) is 0 Å². The average Bonchev–Trinajstić information content (AvgIpc) is 2.38. The summed E-state index contributed by atoms with van der Waals surface area (Å²) in [5.41, 5.74) is 1.23. The smallest absolute Gasteiger partial charge is 0.220 e. The van der Waals surface area contributed by atoms with E-state index in [9.17, 15) is 4.79 Å². The van der Waals surface area contributed by atoms with Gasteiger partial charge in [0.2, 0.25) is 5.91 Å². The van der Waals surface area contributed by atoms with Crippen LogP contribution in [-0.2, 0) is 11.2 Å². The van der Waals surface area contributed by atoms with E-state index in [4.69, 9.17) is 0 Å². The maximum Gasteiger partial charge on any atom is 0.220 e. The molecule has 0 saturated heterocycles. The molecule has 0 spiro atoms. The van der Waals surface area contributed by atoms with Gasteiger partial charge in [0.05, 0.1) is 0 Å². The molecule has 1 aromatic carbocycles. The van der Waals surface area contributed by atoms with Crippen molar-refractivity contribution >= 4 is 5.91 Å². The first kappa shape index (κ1) is 14.7. The first-order valence-corrected chi connectivity index (χ1v) is 7.05. The van der Waals surface area contributed by atoms with Gasteiger partial charge in [0, 0.05) is 12.5 Å². The zero-order valence-electron chi connectivity index (χ0n) is 11.6. The highest BCUT2D eigenvalue weighted by atomic mass is 16.1. The normalized spacial score (nSPS) is 12.1. The number of hydrogen-bond donors (Lipinski definition) is 1. The first-order chi connectivity index (χ1) is 8.72. The van der Waals surface area contributed by atoms with E-state index in [0.29, 0.717) is 12.5 Å². The molecule has 0 aliphatic carbocycles. The zero-order chi connectivity index (χ0) is 13.2. The minimum absolute atomic E-state index is 0.169. The molecular formula is C16H25NO. The topological polar surface area (TPSA) is 29.1 Å². The van der Waals surface area contributed by atoms with E-state index in [0.717, 1.165) is 12.8 Å². The summed E-state index contributed by atoms with van der Waals surface area (Å²) in [5.74, 6) is 0.169. The second kappa shape index (κ2) is 8.73. The molecule has 1 atom stereocenters. The Bertz CT molecular complexity index is 334. The second-order valence-corrected chi connectivity index (χ2v) is 4.95. The van der Waals surface area contributed by atoms with Gasteiger partial charge in [-0.05, 0) is 25.3 Å². The molecule has 1 aromatic rings. The van der Waals surface area contributed by atoms with Crippen LogP contribution in [0.25, 0.3) is 0 Å². The highest BCUT2D eigenvalue weighted by molar-refractivity contribution is 5.76. The Labute approximate surface area is 111 Å². The Morgan fingerprint density at radius 1 is 1.22 bits per heavy atom. The molecule has 1 unspecified atom stereocenters. The van der Waals surface area contributed by atoms with Gasteiger partial charge in [0.25, 0.3) is 0 Å². The predicted molar refractivity (Wildman–Crippen MR) is 76.5 cm³/mol. The van der Waals surface area contributed by atoms with Gasteiger partial charge in [-0.15, -0.1) is 0 Å². The summed E-state index contributed by atoms with van der Waals surface area (Å²) in [4.78, 5) is 11.7. The number of aryl methyl sites for hydroxylation is 1. The second-order valence-electron chi connectivity index (χ2n) is 4.95. The fraction of sp³-hybridized carbons (Fsp3) is 0.562. The van der Waals surface area contributed by atoms with Crippen molar-refractivity contribution in [2.24, 2.45) is 0 Å². The molecule has 0 radical (unpaired) electrons. The average molecular weight is 247 g/mol. The summed E-state index contributed by atoms with van der Waals surface area (Å²) in [5, 5.41) is 3.07. The van der Waals surface area contributed by atoms with Crippen LogP contribution in [0.2, 0.25) is 0 Å². The number of carbonyl (C=O) groups is 1. The lowest BCUT2D eigenvalue weighted by molar-refractivity contribution is -0.121. The Balaban J connectivity index is 2.17. The van der Waals surface area contributed by atoms with E-state index < -0.39 is 0 Å². The number of amides is 1. The number of unbranched alkanes of at least 4 members (excludes halogenated alkanes) is 2. The third-order valence-corrected chi connectivity index (χ3v) is 3.13. The van der Waals surface area contributed by atoms with Crippen molar-refractivity contribution in [1.82, 2.24) is 5.32 Å². The Morgan fingerprint density at radius 3 is 2.61 bits per heavy atom. The van der Waals surface area contributed by atoms with Gasteiger partial charge in [-0.1, -0.05) is 56.5 Å². The lowest BCUT2D eigenvalue weighted by Gasteiger charge is -2.13. The van der Waals surface area contributed by atoms with Gasteiger partial charge >= 0.3 is 0 Å². The summed E-state index contributed by atoms with van der Waals surface area (Å²) in [6.45, 7) is 4.29. The molecule has 18 heavy (non-hydrogen) atoms. The summed E-state index contributed by atoms with van der Waals surface area (Å²) in [7, 11) is 0. The minimum atomic E-state index is 0.169. The molecule has 2 nitrogen and oxygen atoms in total. The molecule has 1 rings (SSSR count). The van der Waals surface area contributed by atoms with Crippen LogP contribution in [0.5, 0.6) is 0 Å². The molecule has 1 amide bonds. The SMILES string of the molecule is CCCCCC(C)NC(=O)CCc1ccccc1. The molecule has 0 aliphatic rings. The van der Waals surface area contributed by atoms with Crippen LogP contribution in [0.1, 0.15) is 51.5 Å². The quantitative estimate of drug-likeness (QED) is 0.697. The molecule has 0 heterocycles. The number of carbonyl (C=O) groups excluding carboxylic acids is 1. The summed E-state index contributed by atoms with van der Waals surface area (Å²) < 4.78 is 0. The predicted octanol–water partition coefficient (Wildman–Crippen LogP) is 3.70. The maximum atomic E-state index is 11.7. The van der Waals surface area contributed by atoms with Crippen LogP contribution in [0.15, 0.2) is 30.3 Å². The third kappa shape index (κ3) is 6.43. The van der Waals surface area contributed by atoms with Crippen LogP contribution in [-0.4, -0.2) is 11.9 Å². The lowest BCUT2D eigenvalue weighted by Crippen LogP contribution is -2.32. The van der Waals surface area contributed by atoms with Crippen molar-refractivity contribution in [3.05, 3.63) is 35.9 Å². The van der Waals surface area contributed by atoms with E-state index in [1.165, 1.54) is 24.8 Å². The maximum absolute atomic E-state index is 11.7. The lowest BCUT2D eigenvalue weighted by atomic mass is 10.1. The van der Waals surface area contributed by atoms with Crippen LogP contribution >= 0.6 is 0 Å².